The third kappa shape index (κ3) is 4.23. The summed E-state index contributed by atoms with van der Waals surface area (Å²) in [6.07, 6.45) is 0.654. The normalized spacial score (nSPS) is 13.9. The molecule has 0 saturated carbocycles. The zero-order chi connectivity index (χ0) is 11.1. The summed E-state index contributed by atoms with van der Waals surface area (Å²) in [6, 6.07) is 9.44. The molecule has 0 amide bonds. The highest BCUT2D eigenvalue weighted by Crippen LogP contribution is 2.10. The summed E-state index contributed by atoms with van der Waals surface area (Å²) in [6.45, 7) is -0.215. The highest BCUT2D eigenvalue weighted by atomic mass is 19.1. The van der Waals surface area contributed by atoms with E-state index in [1.165, 1.54) is 6.08 Å². The predicted octanol–water partition coefficient (Wildman–Crippen LogP) is 1.83. The standard InChI is InChI=1S/C12H15FO2/c13-11(12(15)8-9-14)7-6-10-4-2-1-3-5-10/h1-5,7,12,14-15H,6,8-9H2/b11-7-/t12-/m1/s1. The van der Waals surface area contributed by atoms with Crippen LogP contribution in [0.4, 0.5) is 4.39 Å². The molecule has 0 radical (unpaired) electrons. The molecule has 1 aromatic rings. The van der Waals surface area contributed by atoms with Gasteiger partial charge < -0.3 is 10.2 Å². The van der Waals surface area contributed by atoms with E-state index in [9.17, 15) is 9.50 Å². The molecular formula is C12H15FO2. The van der Waals surface area contributed by atoms with Crippen LogP contribution in [0.1, 0.15) is 12.0 Å². The minimum absolute atomic E-state index is 0.0388. The van der Waals surface area contributed by atoms with Gasteiger partial charge in [0.1, 0.15) is 11.9 Å². The number of rotatable bonds is 5. The van der Waals surface area contributed by atoms with E-state index in [-0.39, 0.29) is 13.0 Å². The van der Waals surface area contributed by atoms with Crippen molar-refractivity contribution in [3.05, 3.63) is 47.8 Å². The van der Waals surface area contributed by atoms with Gasteiger partial charge >= 0.3 is 0 Å². The molecule has 1 aromatic carbocycles. The third-order valence-corrected chi connectivity index (χ3v) is 2.10. The van der Waals surface area contributed by atoms with E-state index in [2.05, 4.69) is 0 Å². The van der Waals surface area contributed by atoms with E-state index in [1.54, 1.807) is 0 Å². The lowest BCUT2D eigenvalue weighted by molar-refractivity contribution is 0.140. The zero-order valence-corrected chi connectivity index (χ0v) is 8.44. The van der Waals surface area contributed by atoms with Crippen LogP contribution in [0.3, 0.4) is 0 Å². The summed E-state index contributed by atoms with van der Waals surface area (Å²) in [5, 5.41) is 17.7. The Morgan fingerprint density at radius 2 is 2.00 bits per heavy atom. The Balaban J connectivity index is 2.50. The van der Waals surface area contributed by atoms with Gasteiger partial charge in [-0.3, -0.25) is 0 Å². The molecule has 0 heterocycles. The Labute approximate surface area is 88.7 Å². The zero-order valence-electron chi connectivity index (χ0n) is 8.44. The van der Waals surface area contributed by atoms with Gasteiger partial charge in [0.2, 0.25) is 0 Å². The second-order valence-corrected chi connectivity index (χ2v) is 3.31. The molecule has 0 aliphatic rings. The van der Waals surface area contributed by atoms with Gasteiger partial charge in [0.15, 0.2) is 0 Å². The van der Waals surface area contributed by atoms with Crippen LogP contribution in [-0.2, 0) is 6.42 Å². The van der Waals surface area contributed by atoms with E-state index in [0.717, 1.165) is 5.56 Å². The summed E-state index contributed by atoms with van der Waals surface area (Å²) in [4.78, 5) is 0. The molecule has 15 heavy (non-hydrogen) atoms. The molecule has 0 saturated heterocycles. The van der Waals surface area contributed by atoms with Crippen molar-refractivity contribution in [1.82, 2.24) is 0 Å². The molecule has 0 fully saturated rings. The predicted molar refractivity (Wildman–Crippen MR) is 57.0 cm³/mol. The molecule has 1 atom stereocenters. The summed E-state index contributed by atoms with van der Waals surface area (Å²) < 4.78 is 13.2. The summed E-state index contributed by atoms with van der Waals surface area (Å²) in [5.41, 5.74) is 0.990. The van der Waals surface area contributed by atoms with E-state index >= 15 is 0 Å². The lowest BCUT2D eigenvalue weighted by Crippen LogP contribution is -2.09. The Hall–Kier alpha value is -1.19. The topological polar surface area (TPSA) is 40.5 Å². The number of benzene rings is 1. The van der Waals surface area contributed by atoms with Crippen LogP contribution in [0.2, 0.25) is 0 Å². The highest BCUT2D eigenvalue weighted by molar-refractivity contribution is 5.18. The van der Waals surface area contributed by atoms with Crippen LogP contribution in [0, 0.1) is 0 Å². The van der Waals surface area contributed by atoms with Crippen molar-refractivity contribution in [3.8, 4) is 0 Å². The van der Waals surface area contributed by atoms with Crippen LogP contribution >= 0.6 is 0 Å². The average molecular weight is 210 g/mol. The van der Waals surface area contributed by atoms with Gasteiger partial charge in [-0.05, 0) is 18.1 Å². The maximum atomic E-state index is 13.2. The van der Waals surface area contributed by atoms with Gasteiger partial charge in [-0.15, -0.1) is 0 Å². The van der Waals surface area contributed by atoms with Crippen molar-refractivity contribution in [2.45, 2.75) is 18.9 Å². The minimum atomic E-state index is -1.18. The molecule has 3 heteroatoms. The number of aliphatic hydroxyl groups excluding tert-OH is 2. The lowest BCUT2D eigenvalue weighted by Gasteiger charge is -2.05. The number of hydrogen-bond acceptors (Lipinski definition) is 2. The van der Waals surface area contributed by atoms with E-state index in [4.69, 9.17) is 5.11 Å². The van der Waals surface area contributed by atoms with Crippen molar-refractivity contribution in [1.29, 1.82) is 0 Å². The first kappa shape index (κ1) is 11.9. The van der Waals surface area contributed by atoms with Crippen molar-refractivity contribution in [3.63, 3.8) is 0 Å². The molecule has 0 aliphatic heterocycles. The largest absolute Gasteiger partial charge is 0.396 e. The first-order valence-electron chi connectivity index (χ1n) is 4.92. The Kier molecular flexibility index (Phi) is 5.01. The number of hydrogen-bond donors (Lipinski definition) is 2. The monoisotopic (exact) mass is 210 g/mol. The lowest BCUT2D eigenvalue weighted by atomic mass is 10.1. The molecule has 0 unspecified atom stereocenters. The van der Waals surface area contributed by atoms with Gasteiger partial charge in [-0.25, -0.2) is 4.39 Å². The van der Waals surface area contributed by atoms with Gasteiger partial charge in [0, 0.05) is 13.0 Å². The minimum Gasteiger partial charge on any atom is -0.396 e. The molecule has 1 rings (SSSR count). The average Bonchev–Trinajstić information content (AvgIpc) is 2.27. The van der Waals surface area contributed by atoms with Crippen molar-refractivity contribution in [2.75, 3.05) is 6.61 Å². The quantitative estimate of drug-likeness (QED) is 0.778. The molecular weight excluding hydrogens is 195 g/mol. The van der Waals surface area contributed by atoms with E-state index < -0.39 is 11.9 Å². The Morgan fingerprint density at radius 3 is 2.60 bits per heavy atom. The first-order valence-corrected chi connectivity index (χ1v) is 4.92. The molecule has 2 nitrogen and oxygen atoms in total. The Morgan fingerprint density at radius 1 is 1.33 bits per heavy atom. The summed E-state index contributed by atoms with van der Waals surface area (Å²) >= 11 is 0. The fraction of sp³-hybridized carbons (Fsp3) is 0.333. The second-order valence-electron chi connectivity index (χ2n) is 3.31. The van der Waals surface area contributed by atoms with Crippen LogP contribution < -0.4 is 0 Å². The molecule has 0 aromatic heterocycles. The van der Waals surface area contributed by atoms with Gasteiger partial charge in [-0.1, -0.05) is 30.3 Å². The van der Waals surface area contributed by atoms with Gasteiger partial charge in [0.25, 0.3) is 0 Å². The van der Waals surface area contributed by atoms with Crippen molar-refractivity contribution in [2.24, 2.45) is 0 Å². The smallest absolute Gasteiger partial charge is 0.125 e. The molecule has 0 aliphatic carbocycles. The van der Waals surface area contributed by atoms with E-state index in [1.807, 2.05) is 30.3 Å². The molecule has 82 valence electrons. The van der Waals surface area contributed by atoms with Crippen LogP contribution in [0.15, 0.2) is 42.2 Å². The number of halogens is 1. The summed E-state index contributed by atoms with van der Waals surface area (Å²) in [7, 11) is 0. The maximum absolute atomic E-state index is 13.2. The second kappa shape index (κ2) is 6.32. The van der Waals surface area contributed by atoms with Gasteiger partial charge in [0.05, 0.1) is 0 Å². The van der Waals surface area contributed by atoms with Crippen molar-refractivity contribution >= 4 is 0 Å². The van der Waals surface area contributed by atoms with Crippen LogP contribution in [-0.4, -0.2) is 22.9 Å². The number of allylic oxidation sites excluding steroid dienone is 1. The number of aliphatic hydroxyl groups is 2. The first-order chi connectivity index (χ1) is 7.24. The maximum Gasteiger partial charge on any atom is 0.125 e. The molecule has 2 N–H and O–H groups in total. The fourth-order valence-corrected chi connectivity index (χ4v) is 1.23. The highest BCUT2D eigenvalue weighted by Gasteiger charge is 2.08. The van der Waals surface area contributed by atoms with Gasteiger partial charge in [-0.2, -0.15) is 0 Å². The third-order valence-electron chi connectivity index (χ3n) is 2.10. The molecule has 0 spiro atoms. The Bertz CT molecular complexity index is 309. The SMILES string of the molecule is OCC[C@@H](O)/C(F)=C/Cc1ccccc1. The van der Waals surface area contributed by atoms with Crippen LogP contribution in [0.5, 0.6) is 0 Å². The summed E-state index contributed by atoms with van der Waals surface area (Å²) in [5.74, 6) is -0.576. The molecule has 0 bridgehead atoms. The van der Waals surface area contributed by atoms with Crippen LogP contribution in [0.25, 0.3) is 0 Å². The van der Waals surface area contributed by atoms with Crippen molar-refractivity contribution < 1.29 is 14.6 Å². The fourth-order valence-electron chi connectivity index (χ4n) is 1.23. The van der Waals surface area contributed by atoms with E-state index in [0.29, 0.717) is 6.42 Å².